The van der Waals surface area contributed by atoms with Crippen LogP contribution >= 0.6 is 0 Å². The van der Waals surface area contributed by atoms with Crippen molar-refractivity contribution in [1.82, 2.24) is 14.7 Å². The van der Waals surface area contributed by atoms with Gasteiger partial charge >= 0.3 is 0 Å². The molecule has 3 heteroatoms. The summed E-state index contributed by atoms with van der Waals surface area (Å²) in [6, 6.07) is 8.75. The summed E-state index contributed by atoms with van der Waals surface area (Å²) in [6.45, 7) is 9.48. The Balaban J connectivity index is 2.52. The Labute approximate surface area is 137 Å². The van der Waals surface area contributed by atoms with Crippen LogP contribution in [-0.4, -0.2) is 69.1 Å². The van der Waals surface area contributed by atoms with E-state index in [1.54, 1.807) is 0 Å². The molecule has 3 nitrogen and oxygen atoms in total. The zero-order chi connectivity index (χ0) is 16.4. The molecule has 0 bridgehead atoms. The first-order valence-electron chi connectivity index (χ1n) is 8.24. The molecular formula is C19H33N3. The normalized spacial score (nSPS) is 11.6. The molecule has 1 aromatic rings. The van der Waals surface area contributed by atoms with E-state index in [0.717, 1.165) is 32.7 Å². The van der Waals surface area contributed by atoms with Gasteiger partial charge in [0.05, 0.1) is 0 Å². The zero-order valence-electron chi connectivity index (χ0n) is 14.9. The summed E-state index contributed by atoms with van der Waals surface area (Å²) in [5, 5.41) is 0. The molecule has 0 saturated heterocycles. The minimum atomic E-state index is 1.04. The Morgan fingerprint density at radius 1 is 0.818 bits per heavy atom. The molecular weight excluding hydrogens is 270 g/mol. The molecule has 0 aliphatic heterocycles. The number of hydrogen-bond acceptors (Lipinski definition) is 3. The minimum absolute atomic E-state index is 1.04. The Morgan fingerprint density at radius 3 is 1.73 bits per heavy atom. The molecule has 124 valence electrons. The van der Waals surface area contributed by atoms with Gasteiger partial charge < -0.3 is 9.80 Å². The van der Waals surface area contributed by atoms with E-state index in [1.807, 2.05) is 6.08 Å². The lowest BCUT2D eigenvalue weighted by molar-refractivity contribution is 0.234. The molecule has 0 N–H and O–H groups in total. The van der Waals surface area contributed by atoms with Gasteiger partial charge in [-0.1, -0.05) is 36.9 Å². The second kappa shape index (κ2) is 10.5. The third-order valence-corrected chi connectivity index (χ3v) is 3.78. The van der Waals surface area contributed by atoms with Crippen LogP contribution in [0.5, 0.6) is 0 Å². The molecule has 0 aliphatic carbocycles. The van der Waals surface area contributed by atoms with E-state index < -0.39 is 0 Å². The van der Waals surface area contributed by atoms with Gasteiger partial charge in [-0.3, -0.25) is 4.90 Å². The van der Waals surface area contributed by atoms with E-state index in [2.05, 4.69) is 73.7 Å². The maximum atomic E-state index is 3.82. The fourth-order valence-electron chi connectivity index (χ4n) is 2.51. The summed E-state index contributed by atoms with van der Waals surface area (Å²) >= 11 is 0. The quantitative estimate of drug-likeness (QED) is 0.622. The first-order valence-corrected chi connectivity index (χ1v) is 8.24. The number of benzene rings is 1. The molecule has 0 amide bonds. The Kier molecular flexibility index (Phi) is 9.05. The standard InChI is InChI=1S/C19H33N3/c1-6-18-9-11-19(12-10-18)17-22(15-7-13-20(2)3)16-8-14-21(4)5/h6,9-12H,1,7-8,13-17H2,2-5H3. The van der Waals surface area contributed by atoms with Gasteiger partial charge in [0.15, 0.2) is 0 Å². The van der Waals surface area contributed by atoms with E-state index >= 15 is 0 Å². The van der Waals surface area contributed by atoms with Crippen molar-refractivity contribution < 1.29 is 0 Å². The smallest absolute Gasteiger partial charge is 0.0233 e. The minimum Gasteiger partial charge on any atom is -0.309 e. The Bertz CT molecular complexity index is 395. The molecule has 22 heavy (non-hydrogen) atoms. The van der Waals surface area contributed by atoms with Crippen LogP contribution < -0.4 is 0 Å². The van der Waals surface area contributed by atoms with Crippen LogP contribution in [0.1, 0.15) is 24.0 Å². The van der Waals surface area contributed by atoms with Crippen molar-refractivity contribution in [3.05, 3.63) is 42.0 Å². The van der Waals surface area contributed by atoms with Gasteiger partial charge in [0.2, 0.25) is 0 Å². The molecule has 0 unspecified atom stereocenters. The van der Waals surface area contributed by atoms with Crippen molar-refractivity contribution in [2.45, 2.75) is 19.4 Å². The van der Waals surface area contributed by atoms with Gasteiger partial charge in [0.1, 0.15) is 0 Å². The molecule has 0 saturated carbocycles. The molecule has 0 radical (unpaired) electrons. The highest BCUT2D eigenvalue weighted by molar-refractivity contribution is 5.47. The molecule has 0 aromatic heterocycles. The van der Waals surface area contributed by atoms with E-state index in [-0.39, 0.29) is 0 Å². The van der Waals surface area contributed by atoms with Crippen LogP contribution in [0.4, 0.5) is 0 Å². The molecule has 0 fully saturated rings. The SMILES string of the molecule is C=Cc1ccc(CN(CCCN(C)C)CCCN(C)C)cc1. The average molecular weight is 303 g/mol. The average Bonchev–Trinajstić information content (AvgIpc) is 2.47. The van der Waals surface area contributed by atoms with Crippen molar-refractivity contribution >= 4 is 6.08 Å². The summed E-state index contributed by atoms with van der Waals surface area (Å²) in [7, 11) is 8.57. The highest BCUT2D eigenvalue weighted by Gasteiger charge is 2.07. The fourth-order valence-corrected chi connectivity index (χ4v) is 2.51. The highest BCUT2D eigenvalue weighted by Crippen LogP contribution is 2.09. The third-order valence-electron chi connectivity index (χ3n) is 3.78. The predicted octanol–water partition coefficient (Wildman–Crippen LogP) is 3.04. The van der Waals surface area contributed by atoms with Gasteiger partial charge in [-0.25, -0.2) is 0 Å². The molecule has 0 atom stereocenters. The topological polar surface area (TPSA) is 9.72 Å². The van der Waals surface area contributed by atoms with Crippen LogP contribution in [0.2, 0.25) is 0 Å². The lowest BCUT2D eigenvalue weighted by Crippen LogP contribution is -2.29. The lowest BCUT2D eigenvalue weighted by Gasteiger charge is -2.24. The summed E-state index contributed by atoms with van der Waals surface area (Å²) in [5.41, 5.74) is 2.58. The van der Waals surface area contributed by atoms with Crippen LogP contribution in [0.3, 0.4) is 0 Å². The molecule has 0 heterocycles. The second-order valence-corrected chi connectivity index (χ2v) is 6.54. The van der Waals surface area contributed by atoms with Crippen molar-refractivity contribution in [2.75, 3.05) is 54.4 Å². The summed E-state index contributed by atoms with van der Waals surface area (Å²) in [4.78, 5) is 7.10. The molecule has 0 aliphatic rings. The maximum Gasteiger partial charge on any atom is 0.0233 e. The number of hydrogen-bond donors (Lipinski definition) is 0. The Hall–Kier alpha value is -1.16. The van der Waals surface area contributed by atoms with E-state index in [1.165, 1.54) is 24.0 Å². The van der Waals surface area contributed by atoms with Gasteiger partial charge in [-0.2, -0.15) is 0 Å². The van der Waals surface area contributed by atoms with Crippen LogP contribution in [0, 0.1) is 0 Å². The van der Waals surface area contributed by atoms with Crippen molar-refractivity contribution in [1.29, 1.82) is 0 Å². The molecule has 1 rings (SSSR count). The van der Waals surface area contributed by atoms with Crippen LogP contribution in [0.25, 0.3) is 6.08 Å². The van der Waals surface area contributed by atoms with Gasteiger partial charge in [-0.05, 0) is 78.3 Å². The zero-order valence-corrected chi connectivity index (χ0v) is 14.9. The number of nitrogens with zero attached hydrogens (tertiary/aromatic N) is 3. The predicted molar refractivity (Wildman–Crippen MR) is 98.2 cm³/mol. The summed E-state index contributed by atoms with van der Waals surface area (Å²) < 4.78 is 0. The molecule has 1 aromatic carbocycles. The van der Waals surface area contributed by atoms with Crippen molar-refractivity contribution in [3.63, 3.8) is 0 Å². The third kappa shape index (κ3) is 8.32. The van der Waals surface area contributed by atoms with Crippen LogP contribution in [-0.2, 0) is 6.54 Å². The van der Waals surface area contributed by atoms with E-state index in [9.17, 15) is 0 Å². The van der Waals surface area contributed by atoms with Gasteiger partial charge in [0.25, 0.3) is 0 Å². The van der Waals surface area contributed by atoms with E-state index in [0.29, 0.717) is 0 Å². The summed E-state index contributed by atoms with van der Waals surface area (Å²) in [5.74, 6) is 0. The van der Waals surface area contributed by atoms with Gasteiger partial charge in [-0.15, -0.1) is 0 Å². The molecule has 0 spiro atoms. The maximum absolute atomic E-state index is 3.82. The van der Waals surface area contributed by atoms with Gasteiger partial charge in [0, 0.05) is 6.54 Å². The summed E-state index contributed by atoms with van der Waals surface area (Å²) in [6.07, 6.45) is 4.34. The highest BCUT2D eigenvalue weighted by atomic mass is 15.1. The second-order valence-electron chi connectivity index (χ2n) is 6.54. The van der Waals surface area contributed by atoms with E-state index in [4.69, 9.17) is 0 Å². The fraction of sp³-hybridized carbons (Fsp3) is 0.579. The van der Waals surface area contributed by atoms with Crippen molar-refractivity contribution in [2.24, 2.45) is 0 Å². The lowest BCUT2D eigenvalue weighted by atomic mass is 10.1. The first kappa shape index (κ1) is 18.9. The monoisotopic (exact) mass is 303 g/mol. The first-order chi connectivity index (χ1) is 10.5. The Morgan fingerprint density at radius 2 is 1.32 bits per heavy atom. The largest absolute Gasteiger partial charge is 0.309 e. The van der Waals surface area contributed by atoms with Crippen molar-refractivity contribution in [3.8, 4) is 0 Å². The van der Waals surface area contributed by atoms with Crippen LogP contribution in [0.15, 0.2) is 30.8 Å². The number of rotatable bonds is 11.